The van der Waals surface area contributed by atoms with Gasteiger partial charge in [0.05, 0.1) is 17.4 Å². The lowest BCUT2D eigenvalue weighted by Crippen LogP contribution is -2.28. The number of fused-ring (bicyclic) bond motifs is 1. The molecule has 2 aromatic heterocycles. The molecule has 2 aliphatic rings. The molecular weight excluding hydrogens is 361 g/mol. The molecule has 1 saturated heterocycles. The molecule has 1 unspecified atom stereocenters. The fraction of sp³-hybridized carbons (Fsp3) is 0.524. The Balaban J connectivity index is 1.84. The smallest absolute Gasteiger partial charge is 0.341 e. The minimum atomic E-state index is -1.27. The summed E-state index contributed by atoms with van der Waals surface area (Å²) >= 11 is 0. The van der Waals surface area contributed by atoms with Crippen molar-refractivity contribution in [3.63, 3.8) is 0 Å². The second-order valence-electron chi connectivity index (χ2n) is 7.98. The Hall–Kier alpha value is -2.41. The van der Waals surface area contributed by atoms with Crippen molar-refractivity contribution in [3.05, 3.63) is 45.1 Å². The van der Waals surface area contributed by atoms with Crippen molar-refractivity contribution in [2.75, 3.05) is 31.1 Å². The van der Waals surface area contributed by atoms with Crippen molar-refractivity contribution in [1.82, 2.24) is 9.72 Å². The van der Waals surface area contributed by atoms with Gasteiger partial charge in [-0.15, -0.1) is 0 Å². The number of aryl methyl sites for hydroxylation is 1. The lowest BCUT2D eigenvalue weighted by Gasteiger charge is -2.24. The summed E-state index contributed by atoms with van der Waals surface area (Å²) in [6.45, 7) is 7.30. The van der Waals surface area contributed by atoms with Crippen LogP contribution in [0.3, 0.4) is 0 Å². The highest BCUT2D eigenvalue weighted by Crippen LogP contribution is 2.44. The van der Waals surface area contributed by atoms with Gasteiger partial charge in [0.2, 0.25) is 0 Å². The molecule has 28 heavy (non-hydrogen) atoms. The van der Waals surface area contributed by atoms with Gasteiger partial charge in [0.15, 0.2) is 5.82 Å². The normalized spacial score (nSPS) is 19.5. The summed E-state index contributed by atoms with van der Waals surface area (Å²) in [6.07, 6.45) is 4.11. The largest absolute Gasteiger partial charge is 0.477 e. The molecule has 0 aromatic carbocycles. The molecule has 2 N–H and O–H groups in total. The van der Waals surface area contributed by atoms with Crippen molar-refractivity contribution < 1.29 is 14.3 Å². The molecule has 2 aromatic rings. The topological polar surface area (TPSA) is 74.0 Å². The standard InChI is InChI=1S/C21H26FN3O3/c1-3-23-9-13-6-7-24(10-13)19-12(2)18-15(14-4-5-14)8-16(21(27)28)20(26)25(18)11-17(19)22/h8,11,13-14,23H,3-7,9-10H2,1-2H3,(H,27,28). The van der Waals surface area contributed by atoms with Crippen LogP contribution in [-0.4, -0.2) is 41.7 Å². The van der Waals surface area contributed by atoms with Crippen molar-refractivity contribution in [2.45, 2.75) is 39.0 Å². The van der Waals surface area contributed by atoms with Crippen LogP contribution in [0.1, 0.15) is 53.6 Å². The lowest BCUT2D eigenvalue weighted by molar-refractivity contribution is 0.0694. The number of rotatable bonds is 6. The molecule has 7 heteroatoms. The van der Waals surface area contributed by atoms with E-state index in [9.17, 15) is 14.7 Å². The molecule has 0 bridgehead atoms. The van der Waals surface area contributed by atoms with E-state index in [4.69, 9.17) is 0 Å². The van der Waals surface area contributed by atoms with Crippen LogP contribution in [0.25, 0.3) is 5.52 Å². The summed E-state index contributed by atoms with van der Waals surface area (Å²) in [5.74, 6) is -1.03. The van der Waals surface area contributed by atoms with E-state index in [1.54, 1.807) is 0 Å². The number of aromatic nitrogens is 1. The van der Waals surface area contributed by atoms with Gasteiger partial charge < -0.3 is 15.3 Å². The molecular formula is C21H26FN3O3. The lowest BCUT2D eigenvalue weighted by atomic mass is 10.0. The Labute approximate surface area is 163 Å². The van der Waals surface area contributed by atoms with E-state index < -0.39 is 17.3 Å². The molecule has 0 radical (unpaired) electrons. The first kappa shape index (κ1) is 18.9. The predicted molar refractivity (Wildman–Crippen MR) is 106 cm³/mol. The number of pyridine rings is 2. The maximum atomic E-state index is 15.1. The van der Waals surface area contributed by atoms with Gasteiger partial charge in [-0.3, -0.25) is 9.20 Å². The monoisotopic (exact) mass is 387 g/mol. The number of carboxylic acids is 1. The Morgan fingerprint density at radius 2 is 2.11 bits per heavy atom. The van der Waals surface area contributed by atoms with Gasteiger partial charge in [-0.05, 0) is 68.3 Å². The molecule has 1 atom stereocenters. The van der Waals surface area contributed by atoms with E-state index in [2.05, 4.69) is 17.1 Å². The third kappa shape index (κ3) is 3.17. The number of hydrogen-bond acceptors (Lipinski definition) is 4. The van der Waals surface area contributed by atoms with Crippen LogP contribution in [0.5, 0.6) is 0 Å². The number of nitrogens with one attached hydrogen (secondary N) is 1. The summed E-state index contributed by atoms with van der Waals surface area (Å²) in [7, 11) is 0. The summed E-state index contributed by atoms with van der Waals surface area (Å²) in [6, 6.07) is 1.50. The van der Waals surface area contributed by atoms with Crippen LogP contribution in [0.2, 0.25) is 0 Å². The molecule has 2 fully saturated rings. The average molecular weight is 387 g/mol. The Morgan fingerprint density at radius 3 is 2.75 bits per heavy atom. The third-order valence-corrected chi connectivity index (χ3v) is 5.98. The highest BCUT2D eigenvalue weighted by Gasteiger charge is 2.32. The number of aromatic carboxylic acids is 1. The van der Waals surface area contributed by atoms with Crippen LogP contribution in [0, 0.1) is 18.7 Å². The molecule has 1 aliphatic heterocycles. The molecule has 1 aliphatic carbocycles. The molecule has 150 valence electrons. The second-order valence-corrected chi connectivity index (χ2v) is 7.98. The van der Waals surface area contributed by atoms with Crippen LogP contribution in [-0.2, 0) is 0 Å². The summed E-state index contributed by atoms with van der Waals surface area (Å²) in [4.78, 5) is 26.2. The zero-order valence-electron chi connectivity index (χ0n) is 16.3. The molecule has 0 amide bonds. The van der Waals surface area contributed by atoms with Crippen LogP contribution in [0.15, 0.2) is 17.1 Å². The molecule has 0 spiro atoms. The van der Waals surface area contributed by atoms with E-state index in [1.807, 2.05) is 6.92 Å². The number of hydrogen-bond donors (Lipinski definition) is 2. The van der Waals surface area contributed by atoms with E-state index >= 15 is 4.39 Å². The van der Waals surface area contributed by atoms with E-state index in [0.717, 1.165) is 56.6 Å². The number of anilines is 1. The molecule has 6 nitrogen and oxygen atoms in total. The Bertz CT molecular complexity index is 997. The Morgan fingerprint density at radius 1 is 1.36 bits per heavy atom. The van der Waals surface area contributed by atoms with Crippen LogP contribution < -0.4 is 15.8 Å². The van der Waals surface area contributed by atoms with Gasteiger partial charge in [-0.2, -0.15) is 0 Å². The van der Waals surface area contributed by atoms with Crippen molar-refractivity contribution in [1.29, 1.82) is 0 Å². The number of nitrogens with zero attached hydrogens (tertiary/aromatic N) is 2. The first-order valence-electron chi connectivity index (χ1n) is 9.99. The zero-order valence-corrected chi connectivity index (χ0v) is 16.3. The number of carboxylic acid groups (broad SMARTS) is 1. The fourth-order valence-corrected chi connectivity index (χ4v) is 4.44. The van der Waals surface area contributed by atoms with Crippen LogP contribution in [0.4, 0.5) is 10.1 Å². The van der Waals surface area contributed by atoms with E-state index in [-0.39, 0.29) is 11.5 Å². The van der Waals surface area contributed by atoms with E-state index in [1.165, 1.54) is 16.7 Å². The minimum Gasteiger partial charge on any atom is -0.477 e. The molecule has 4 rings (SSSR count). The predicted octanol–water partition coefficient (Wildman–Crippen LogP) is 2.76. The zero-order chi connectivity index (χ0) is 20.0. The van der Waals surface area contributed by atoms with Gasteiger partial charge in [-0.1, -0.05) is 6.92 Å². The highest BCUT2D eigenvalue weighted by atomic mass is 19.1. The highest BCUT2D eigenvalue weighted by molar-refractivity contribution is 5.89. The van der Waals surface area contributed by atoms with Crippen molar-refractivity contribution in [2.24, 2.45) is 5.92 Å². The summed E-state index contributed by atoms with van der Waals surface area (Å²) in [5.41, 5.74) is 1.82. The minimum absolute atomic E-state index is 0.241. The molecule has 3 heterocycles. The van der Waals surface area contributed by atoms with Gasteiger partial charge in [0, 0.05) is 13.1 Å². The van der Waals surface area contributed by atoms with Crippen LogP contribution >= 0.6 is 0 Å². The SMILES string of the molecule is CCNCC1CCN(c2c(F)cn3c(=O)c(C(=O)O)cc(C4CC4)c3c2C)C1. The van der Waals surface area contributed by atoms with Crippen molar-refractivity contribution >= 4 is 17.2 Å². The summed E-state index contributed by atoms with van der Waals surface area (Å²) in [5, 5.41) is 12.8. The van der Waals surface area contributed by atoms with Gasteiger partial charge in [0.25, 0.3) is 5.56 Å². The Kier molecular flexibility index (Phi) is 4.87. The first-order chi connectivity index (χ1) is 13.4. The maximum absolute atomic E-state index is 15.1. The van der Waals surface area contributed by atoms with E-state index in [0.29, 0.717) is 17.1 Å². The van der Waals surface area contributed by atoms with Gasteiger partial charge >= 0.3 is 5.97 Å². The summed E-state index contributed by atoms with van der Waals surface area (Å²) < 4.78 is 16.3. The van der Waals surface area contributed by atoms with Gasteiger partial charge in [-0.25, -0.2) is 9.18 Å². The number of halogens is 1. The first-order valence-corrected chi connectivity index (χ1v) is 9.99. The maximum Gasteiger partial charge on any atom is 0.341 e. The average Bonchev–Trinajstić information content (AvgIpc) is 3.39. The van der Waals surface area contributed by atoms with Crippen molar-refractivity contribution in [3.8, 4) is 0 Å². The van der Waals surface area contributed by atoms with Gasteiger partial charge in [0.1, 0.15) is 5.56 Å². The number of carbonyl (C=O) groups is 1. The molecule has 1 saturated carbocycles. The third-order valence-electron chi connectivity index (χ3n) is 5.98. The quantitative estimate of drug-likeness (QED) is 0.797. The second kappa shape index (κ2) is 7.20. The fourth-order valence-electron chi connectivity index (χ4n) is 4.44.